The summed E-state index contributed by atoms with van der Waals surface area (Å²) < 4.78 is 0. The Morgan fingerprint density at radius 2 is 1.78 bits per heavy atom. The third kappa shape index (κ3) is 10.3. The molecule has 4 rings (SSSR count). The largest absolute Gasteiger partial charge is 0.480 e. The Morgan fingerprint density at radius 1 is 1.04 bits per heavy atom. The van der Waals surface area contributed by atoms with Crippen molar-refractivity contribution in [2.45, 2.75) is 81.6 Å². The summed E-state index contributed by atoms with van der Waals surface area (Å²) in [4.78, 5) is 88.6. The second-order valence-electron chi connectivity index (χ2n) is 12.7. The first-order chi connectivity index (χ1) is 24.4. The van der Waals surface area contributed by atoms with Crippen LogP contribution >= 0.6 is 0 Å². The molecular formula is C33H47N11O7. The number of aromatic amines is 1. The molecule has 2 saturated heterocycles. The molecule has 51 heavy (non-hydrogen) atoms. The third-order valence-electron chi connectivity index (χ3n) is 9.11. The van der Waals surface area contributed by atoms with Gasteiger partial charge in [0.1, 0.15) is 30.2 Å². The van der Waals surface area contributed by atoms with Crippen LogP contribution in [0.15, 0.2) is 42.9 Å². The molecule has 2 aliphatic rings. The number of imidazole rings is 1. The summed E-state index contributed by atoms with van der Waals surface area (Å²) in [6.07, 6.45) is 4.46. The van der Waals surface area contributed by atoms with Gasteiger partial charge in [0.05, 0.1) is 18.6 Å². The van der Waals surface area contributed by atoms with Crippen LogP contribution in [0.25, 0.3) is 0 Å². The quantitative estimate of drug-likeness (QED) is 0.0528. The first-order valence-corrected chi connectivity index (χ1v) is 16.9. The number of nitrogens with two attached hydrogens (primary N) is 2. The maximum atomic E-state index is 14.0. The SMILES string of the molecule is C[C@H](NC(=O)[C@@H]1CCCN1C(=O)[C@H](CCCNC(=N)N)NC(=O)[C@H](Cc1c[nH]cn1)NC(=O)CN)C(=O)N1C[C@H](c2ccccc2)C[C@H]1C(=O)O. The van der Waals surface area contributed by atoms with Crippen molar-refractivity contribution in [2.75, 3.05) is 26.2 Å². The zero-order valence-corrected chi connectivity index (χ0v) is 28.5. The molecular weight excluding hydrogens is 662 g/mol. The summed E-state index contributed by atoms with van der Waals surface area (Å²) in [6.45, 7) is 1.75. The summed E-state index contributed by atoms with van der Waals surface area (Å²) in [7, 11) is 0. The lowest BCUT2D eigenvalue weighted by Gasteiger charge is -2.31. The van der Waals surface area contributed by atoms with Crippen LogP contribution in [0.4, 0.5) is 0 Å². The van der Waals surface area contributed by atoms with Gasteiger partial charge in [-0.3, -0.25) is 29.4 Å². The van der Waals surface area contributed by atoms with Crippen LogP contribution in [0.5, 0.6) is 0 Å². The van der Waals surface area contributed by atoms with Crippen molar-refractivity contribution in [3.8, 4) is 0 Å². The van der Waals surface area contributed by atoms with Gasteiger partial charge < -0.3 is 52.6 Å². The number of aliphatic carboxylic acids is 1. The van der Waals surface area contributed by atoms with Gasteiger partial charge in [-0.05, 0) is 44.6 Å². The average molecular weight is 710 g/mol. The number of guanidine groups is 1. The molecule has 11 N–H and O–H groups in total. The molecule has 5 amide bonds. The number of amides is 5. The summed E-state index contributed by atoms with van der Waals surface area (Å²) >= 11 is 0. The smallest absolute Gasteiger partial charge is 0.326 e. The van der Waals surface area contributed by atoms with Crippen LogP contribution in [0.1, 0.15) is 56.2 Å². The molecule has 3 heterocycles. The minimum absolute atomic E-state index is 0.0143. The molecule has 0 radical (unpaired) electrons. The monoisotopic (exact) mass is 709 g/mol. The number of hydrogen-bond donors (Lipinski definition) is 9. The van der Waals surface area contributed by atoms with Gasteiger partial charge in [-0.25, -0.2) is 9.78 Å². The van der Waals surface area contributed by atoms with Crippen LogP contribution < -0.4 is 32.7 Å². The number of carboxylic acids is 1. The maximum Gasteiger partial charge on any atom is 0.326 e. The first kappa shape index (κ1) is 38.3. The van der Waals surface area contributed by atoms with Gasteiger partial charge >= 0.3 is 5.97 Å². The highest BCUT2D eigenvalue weighted by Gasteiger charge is 2.43. The molecule has 1 aromatic heterocycles. The predicted octanol–water partition coefficient (Wildman–Crippen LogP) is -1.89. The molecule has 2 aliphatic heterocycles. The van der Waals surface area contributed by atoms with Crippen LogP contribution in [0.3, 0.4) is 0 Å². The Kier molecular flexibility index (Phi) is 13.5. The van der Waals surface area contributed by atoms with Gasteiger partial charge in [-0.15, -0.1) is 0 Å². The number of nitrogens with one attached hydrogen (secondary N) is 6. The number of carbonyl (C=O) groups excluding carboxylic acids is 5. The van der Waals surface area contributed by atoms with E-state index in [4.69, 9.17) is 16.9 Å². The molecule has 2 aromatic rings. The van der Waals surface area contributed by atoms with E-state index < -0.39 is 65.7 Å². The standard InChI is InChI=1S/C33H47N11O7/c1-19(30(48)44-17-21(13-26(44)32(50)51)20-7-3-2-4-8-20)40-29(47)25-10-6-12-43(25)31(49)23(9-5-11-38-33(35)36)42-28(46)24(41-27(45)15-34)14-22-16-37-18-39-22/h2-4,7-8,16,18-19,21,23-26H,5-6,9-15,17,34H2,1H3,(H,37,39)(H,40,47)(H,41,45)(H,42,46)(H,50,51)(H4,35,36,38)/t19-,21+,23-,24-,25-,26-/m0/s1. The Bertz CT molecular complexity index is 1560. The van der Waals surface area contributed by atoms with Crippen molar-refractivity contribution in [1.29, 1.82) is 5.41 Å². The lowest BCUT2D eigenvalue weighted by Crippen LogP contribution is -2.58. The minimum atomic E-state index is -1.13. The van der Waals surface area contributed by atoms with E-state index in [2.05, 4.69) is 31.2 Å². The van der Waals surface area contributed by atoms with Gasteiger partial charge in [-0.1, -0.05) is 30.3 Å². The molecule has 0 spiro atoms. The van der Waals surface area contributed by atoms with E-state index in [1.165, 1.54) is 23.1 Å². The fourth-order valence-electron chi connectivity index (χ4n) is 6.54. The van der Waals surface area contributed by atoms with E-state index >= 15 is 0 Å². The Hall–Kier alpha value is -5.52. The molecule has 6 atom stereocenters. The summed E-state index contributed by atoms with van der Waals surface area (Å²) in [5.74, 6) is -4.48. The molecule has 0 bridgehead atoms. The molecule has 0 unspecified atom stereocenters. The van der Waals surface area contributed by atoms with Gasteiger partial charge in [-0.2, -0.15) is 0 Å². The first-order valence-electron chi connectivity index (χ1n) is 16.9. The predicted molar refractivity (Wildman–Crippen MR) is 184 cm³/mol. The van der Waals surface area contributed by atoms with E-state index in [0.29, 0.717) is 25.0 Å². The highest BCUT2D eigenvalue weighted by molar-refractivity contribution is 5.96. The zero-order chi connectivity index (χ0) is 37.1. The number of nitrogens with zero attached hydrogens (tertiary/aromatic N) is 3. The maximum absolute atomic E-state index is 14.0. The second kappa shape index (κ2) is 17.9. The van der Waals surface area contributed by atoms with Gasteiger partial charge in [0, 0.05) is 38.2 Å². The molecule has 0 saturated carbocycles. The lowest BCUT2D eigenvalue weighted by molar-refractivity contribution is -0.149. The topological polar surface area (TPSA) is 282 Å². The van der Waals surface area contributed by atoms with E-state index in [-0.39, 0.29) is 57.3 Å². The number of H-pyrrole nitrogens is 1. The fourth-order valence-corrected chi connectivity index (χ4v) is 6.54. The molecule has 2 fully saturated rings. The van der Waals surface area contributed by atoms with Crippen molar-refractivity contribution in [2.24, 2.45) is 11.5 Å². The molecule has 0 aliphatic carbocycles. The Balaban J connectivity index is 1.45. The summed E-state index contributed by atoms with van der Waals surface area (Å²) in [5, 5.41) is 27.9. The van der Waals surface area contributed by atoms with Crippen LogP contribution in [0, 0.1) is 5.41 Å². The molecule has 18 heteroatoms. The number of benzene rings is 1. The number of rotatable bonds is 16. The lowest BCUT2D eigenvalue weighted by atomic mass is 9.96. The van der Waals surface area contributed by atoms with Crippen molar-refractivity contribution in [3.63, 3.8) is 0 Å². The Morgan fingerprint density at radius 3 is 2.43 bits per heavy atom. The number of carbonyl (C=O) groups is 6. The summed E-state index contributed by atoms with van der Waals surface area (Å²) in [6, 6.07) is 4.02. The van der Waals surface area contributed by atoms with Gasteiger partial charge in [0.15, 0.2) is 5.96 Å². The van der Waals surface area contributed by atoms with Crippen LogP contribution in [0.2, 0.25) is 0 Å². The van der Waals surface area contributed by atoms with Crippen molar-refractivity contribution in [1.82, 2.24) is 41.0 Å². The zero-order valence-electron chi connectivity index (χ0n) is 28.5. The van der Waals surface area contributed by atoms with E-state index in [9.17, 15) is 33.9 Å². The Labute approximate surface area is 295 Å². The second-order valence-corrected chi connectivity index (χ2v) is 12.7. The highest BCUT2D eigenvalue weighted by Crippen LogP contribution is 2.32. The van der Waals surface area contributed by atoms with Crippen molar-refractivity contribution < 1.29 is 33.9 Å². The van der Waals surface area contributed by atoms with Crippen LogP contribution in [-0.4, -0.2) is 123 Å². The number of likely N-dealkylation sites (tertiary alicyclic amines) is 2. The van der Waals surface area contributed by atoms with Gasteiger partial charge in [0.2, 0.25) is 29.5 Å². The van der Waals surface area contributed by atoms with Gasteiger partial charge in [0.25, 0.3) is 0 Å². The summed E-state index contributed by atoms with van der Waals surface area (Å²) in [5.41, 5.74) is 12.3. The minimum Gasteiger partial charge on any atom is -0.480 e. The molecule has 276 valence electrons. The van der Waals surface area contributed by atoms with Crippen molar-refractivity contribution >= 4 is 41.5 Å². The third-order valence-corrected chi connectivity index (χ3v) is 9.11. The van der Waals surface area contributed by atoms with E-state index in [1.807, 2.05) is 30.3 Å². The number of aromatic nitrogens is 2. The molecule has 18 nitrogen and oxygen atoms in total. The van der Waals surface area contributed by atoms with Crippen molar-refractivity contribution in [3.05, 3.63) is 54.1 Å². The highest BCUT2D eigenvalue weighted by atomic mass is 16.4. The molecule has 1 aromatic carbocycles. The fraction of sp³-hybridized carbons (Fsp3) is 0.515. The average Bonchev–Trinajstić information content (AvgIpc) is 3.90. The van der Waals surface area contributed by atoms with E-state index in [1.54, 1.807) is 6.20 Å². The number of hydrogen-bond acceptors (Lipinski definition) is 9. The van der Waals surface area contributed by atoms with E-state index in [0.717, 1.165) is 5.56 Å². The van der Waals surface area contributed by atoms with Crippen LogP contribution in [-0.2, 0) is 35.2 Å². The number of carboxylic acid groups (broad SMARTS) is 1. The normalized spacial score (nSPS) is 20.2.